The smallest absolute Gasteiger partial charge is 0.420 e. The highest BCUT2D eigenvalue weighted by atomic mass is 19.4. The third-order valence-electron chi connectivity index (χ3n) is 5.29. The van der Waals surface area contributed by atoms with Gasteiger partial charge in [-0.2, -0.15) is 13.2 Å². The van der Waals surface area contributed by atoms with Gasteiger partial charge in [-0.25, -0.2) is 4.79 Å². The fourth-order valence-electron chi connectivity index (χ4n) is 3.80. The zero-order valence-electron chi connectivity index (χ0n) is 15.8. The monoisotopic (exact) mass is 419 g/mol. The Bertz CT molecular complexity index is 1230. The lowest BCUT2D eigenvalue weighted by atomic mass is 9.90. The molecule has 1 aliphatic rings. The second kappa shape index (κ2) is 7.16. The van der Waals surface area contributed by atoms with E-state index in [2.05, 4.69) is 0 Å². The molecule has 6 nitrogen and oxygen atoms in total. The van der Waals surface area contributed by atoms with Gasteiger partial charge in [0.2, 0.25) is 0 Å². The molecule has 0 N–H and O–H groups in total. The molecule has 0 atom stereocenters. The molecular formula is C21H16F3NO5. The van der Waals surface area contributed by atoms with Crippen LogP contribution in [-0.2, 0) is 19.0 Å². The Kier molecular flexibility index (Phi) is 4.76. The number of ether oxygens (including phenoxy) is 1. The van der Waals surface area contributed by atoms with Crippen LogP contribution in [0.15, 0.2) is 39.5 Å². The SMILES string of the molecule is Cc1c(Oc2ccc([N+](=O)[O-])cc2C(F)(F)F)ccc2c3c(c(=O)oc12)CCCC3. The summed E-state index contributed by atoms with van der Waals surface area (Å²) in [5.74, 6) is -0.503. The van der Waals surface area contributed by atoms with E-state index in [4.69, 9.17) is 9.15 Å². The number of hydrogen-bond acceptors (Lipinski definition) is 5. The van der Waals surface area contributed by atoms with Crippen molar-refractivity contribution in [2.24, 2.45) is 0 Å². The molecule has 1 heterocycles. The molecule has 3 aromatic rings. The van der Waals surface area contributed by atoms with Crippen LogP contribution in [-0.4, -0.2) is 4.92 Å². The van der Waals surface area contributed by atoms with Crippen molar-refractivity contribution >= 4 is 16.7 Å². The van der Waals surface area contributed by atoms with Crippen LogP contribution in [0.3, 0.4) is 0 Å². The Labute approximate surface area is 168 Å². The van der Waals surface area contributed by atoms with Crippen LogP contribution in [0.2, 0.25) is 0 Å². The van der Waals surface area contributed by atoms with E-state index in [1.807, 2.05) is 0 Å². The zero-order chi connectivity index (χ0) is 21.6. The number of nitro groups is 1. The number of fused-ring (bicyclic) bond motifs is 3. The third kappa shape index (κ3) is 3.40. The highest BCUT2D eigenvalue weighted by Crippen LogP contribution is 2.41. The number of hydrogen-bond donors (Lipinski definition) is 0. The van der Waals surface area contributed by atoms with Crippen molar-refractivity contribution in [1.29, 1.82) is 0 Å². The van der Waals surface area contributed by atoms with Crippen LogP contribution in [0.1, 0.15) is 35.1 Å². The van der Waals surface area contributed by atoms with Gasteiger partial charge in [-0.05, 0) is 56.4 Å². The summed E-state index contributed by atoms with van der Waals surface area (Å²) in [5.41, 5.74) is -0.183. The van der Waals surface area contributed by atoms with Crippen LogP contribution < -0.4 is 10.4 Å². The number of non-ortho nitro benzene ring substituents is 1. The van der Waals surface area contributed by atoms with Gasteiger partial charge in [0.05, 0.1) is 4.92 Å². The quantitative estimate of drug-likeness (QED) is 0.309. The summed E-state index contributed by atoms with van der Waals surface area (Å²) in [4.78, 5) is 22.3. The van der Waals surface area contributed by atoms with Gasteiger partial charge in [0.25, 0.3) is 5.69 Å². The van der Waals surface area contributed by atoms with Gasteiger partial charge < -0.3 is 9.15 Å². The lowest BCUT2D eigenvalue weighted by Crippen LogP contribution is -2.16. The number of benzene rings is 2. The molecular weight excluding hydrogens is 403 g/mol. The Morgan fingerprint density at radius 3 is 2.40 bits per heavy atom. The fourth-order valence-corrected chi connectivity index (χ4v) is 3.80. The van der Waals surface area contributed by atoms with Gasteiger partial charge in [0.1, 0.15) is 22.6 Å². The highest BCUT2D eigenvalue weighted by Gasteiger charge is 2.36. The van der Waals surface area contributed by atoms with Gasteiger partial charge in [0.15, 0.2) is 0 Å². The Morgan fingerprint density at radius 1 is 1.07 bits per heavy atom. The Morgan fingerprint density at radius 2 is 1.73 bits per heavy atom. The van der Waals surface area contributed by atoms with E-state index >= 15 is 0 Å². The van der Waals surface area contributed by atoms with Crippen molar-refractivity contribution in [3.63, 3.8) is 0 Å². The normalized spacial score (nSPS) is 13.9. The molecule has 30 heavy (non-hydrogen) atoms. The molecule has 0 radical (unpaired) electrons. The first-order valence-electron chi connectivity index (χ1n) is 9.28. The molecule has 4 rings (SSSR count). The molecule has 0 saturated carbocycles. The largest absolute Gasteiger partial charge is 0.456 e. The average Bonchev–Trinajstić information content (AvgIpc) is 2.70. The summed E-state index contributed by atoms with van der Waals surface area (Å²) < 4.78 is 51.2. The van der Waals surface area contributed by atoms with Crippen molar-refractivity contribution < 1.29 is 27.2 Å². The maximum Gasteiger partial charge on any atom is 0.420 e. The molecule has 0 spiro atoms. The van der Waals surface area contributed by atoms with Crippen LogP contribution in [0.25, 0.3) is 11.0 Å². The molecule has 0 amide bonds. The zero-order valence-corrected chi connectivity index (χ0v) is 15.8. The molecule has 0 unspecified atom stereocenters. The topological polar surface area (TPSA) is 82.6 Å². The van der Waals surface area contributed by atoms with Crippen LogP contribution in [0, 0.1) is 17.0 Å². The highest BCUT2D eigenvalue weighted by molar-refractivity contribution is 5.86. The summed E-state index contributed by atoms with van der Waals surface area (Å²) in [6, 6.07) is 5.48. The van der Waals surface area contributed by atoms with E-state index in [1.165, 1.54) is 6.07 Å². The summed E-state index contributed by atoms with van der Waals surface area (Å²) in [6.07, 6.45) is -1.62. The molecule has 1 aromatic heterocycles. The van der Waals surface area contributed by atoms with Crippen molar-refractivity contribution in [2.75, 3.05) is 0 Å². The van der Waals surface area contributed by atoms with E-state index in [1.54, 1.807) is 13.0 Å². The van der Waals surface area contributed by atoms with Crippen molar-refractivity contribution in [1.82, 2.24) is 0 Å². The van der Waals surface area contributed by atoms with Gasteiger partial charge in [-0.1, -0.05) is 0 Å². The molecule has 2 aromatic carbocycles. The molecule has 0 saturated heterocycles. The predicted molar refractivity (Wildman–Crippen MR) is 102 cm³/mol. The number of halogens is 3. The second-order valence-corrected chi connectivity index (χ2v) is 7.16. The van der Waals surface area contributed by atoms with Gasteiger partial charge in [0, 0.05) is 28.6 Å². The lowest BCUT2D eigenvalue weighted by Gasteiger charge is -2.18. The van der Waals surface area contributed by atoms with Crippen LogP contribution in [0.5, 0.6) is 11.5 Å². The number of aryl methyl sites for hydroxylation is 2. The lowest BCUT2D eigenvalue weighted by molar-refractivity contribution is -0.385. The molecule has 0 bridgehead atoms. The number of nitrogens with zero attached hydrogens (tertiary/aromatic N) is 1. The maximum atomic E-state index is 13.4. The number of alkyl halides is 3. The van der Waals surface area contributed by atoms with Crippen molar-refractivity contribution in [2.45, 2.75) is 38.8 Å². The van der Waals surface area contributed by atoms with Crippen LogP contribution >= 0.6 is 0 Å². The molecule has 156 valence electrons. The van der Waals surface area contributed by atoms with Crippen molar-refractivity contribution in [3.05, 3.63) is 73.1 Å². The Balaban J connectivity index is 1.83. The van der Waals surface area contributed by atoms with E-state index in [0.29, 0.717) is 23.6 Å². The van der Waals surface area contributed by atoms with E-state index in [9.17, 15) is 28.1 Å². The molecule has 0 aliphatic heterocycles. The Hall–Kier alpha value is -3.36. The first kappa shape index (κ1) is 19.9. The number of nitro benzene ring substituents is 1. The van der Waals surface area contributed by atoms with Crippen LogP contribution in [0.4, 0.5) is 18.9 Å². The maximum absolute atomic E-state index is 13.4. The first-order valence-corrected chi connectivity index (χ1v) is 9.28. The minimum absolute atomic E-state index is 0.0702. The standard InChI is InChI=1S/C21H16F3NO5/c1-11-17(29-18-8-6-12(25(27)28)10-16(18)21(22,23)24)9-7-14-13-4-2-3-5-15(13)20(26)30-19(11)14/h6-10H,2-5H2,1H3. The van der Waals surface area contributed by atoms with Gasteiger partial charge >= 0.3 is 11.8 Å². The predicted octanol–water partition coefficient (Wildman–Crippen LogP) is 5.70. The number of rotatable bonds is 3. The first-order chi connectivity index (χ1) is 14.2. The van der Waals surface area contributed by atoms with E-state index in [0.717, 1.165) is 42.3 Å². The van der Waals surface area contributed by atoms with Gasteiger partial charge in [-0.15, -0.1) is 0 Å². The minimum atomic E-state index is -4.85. The second-order valence-electron chi connectivity index (χ2n) is 7.16. The summed E-state index contributed by atoms with van der Waals surface area (Å²) in [7, 11) is 0. The van der Waals surface area contributed by atoms with Gasteiger partial charge in [-0.3, -0.25) is 10.1 Å². The van der Waals surface area contributed by atoms with E-state index < -0.39 is 33.7 Å². The fraction of sp³-hybridized carbons (Fsp3) is 0.286. The molecule has 9 heteroatoms. The summed E-state index contributed by atoms with van der Waals surface area (Å²) in [6.45, 7) is 1.59. The summed E-state index contributed by atoms with van der Waals surface area (Å²) >= 11 is 0. The average molecular weight is 419 g/mol. The van der Waals surface area contributed by atoms with Crippen molar-refractivity contribution in [3.8, 4) is 11.5 Å². The third-order valence-corrected chi connectivity index (χ3v) is 5.29. The minimum Gasteiger partial charge on any atom is -0.456 e. The van der Waals surface area contributed by atoms with E-state index in [-0.39, 0.29) is 11.3 Å². The summed E-state index contributed by atoms with van der Waals surface area (Å²) in [5, 5.41) is 11.6. The molecule has 0 fully saturated rings. The molecule has 1 aliphatic carbocycles.